The average Bonchev–Trinajstić information content (AvgIpc) is 2.30. The van der Waals surface area contributed by atoms with Gasteiger partial charge in [-0.1, -0.05) is 0 Å². The summed E-state index contributed by atoms with van der Waals surface area (Å²) in [7, 11) is 0. The van der Waals surface area contributed by atoms with Gasteiger partial charge in [0.1, 0.15) is 12.1 Å². The summed E-state index contributed by atoms with van der Waals surface area (Å²) in [6, 6.07) is -1.70. The molecule has 8 nitrogen and oxygen atoms in total. The third kappa shape index (κ3) is 7.17. The maximum atomic E-state index is 10.7. The van der Waals surface area contributed by atoms with Crippen LogP contribution in [0.4, 0.5) is 0 Å². The molecule has 2 unspecified atom stereocenters. The summed E-state index contributed by atoms with van der Waals surface area (Å²) < 4.78 is 0. The normalized spacial score (nSPS) is 14.1. The van der Waals surface area contributed by atoms with Gasteiger partial charge in [0.05, 0.1) is 0 Å². The second kappa shape index (κ2) is 9.77. The molecule has 0 bridgehead atoms. The third-order valence-corrected chi connectivity index (χ3v) is 2.34. The van der Waals surface area contributed by atoms with Crippen molar-refractivity contribution in [1.82, 2.24) is 10.6 Å². The van der Waals surface area contributed by atoms with Crippen molar-refractivity contribution in [2.75, 3.05) is 26.3 Å². The van der Waals surface area contributed by atoms with Gasteiger partial charge in [-0.25, -0.2) is 0 Å². The smallest absolute Gasteiger partial charge is 0.320 e. The molecule has 6 N–H and O–H groups in total. The van der Waals surface area contributed by atoms with E-state index in [-0.39, 0.29) is 39.1 Å². The van der Waals surface area contributed by atoms with Gasteiger partial charge in [-0.15, -0.1) is 0 Å². The Morgan fingerprint density at radius 3 is 1.39 bits per heavy atom. The van der Waals surface area contributed by atoms with Crippen LogP contribution in [0.2, 0.25) is 0 Å². The summed E-state index contributed by atoms with van der Waals surface area (Å²) in [6.45, 7) is 0.0394. The highest BCUT2D eigenvalue weighted by Gasteiger charge is 2.17. The van der Waals surface area contributed by atoms with Gasteiger partial charge in [0.25, 0.3) is 0 Å². The van der Waals surface area contributed by atoms with E-state index in [4.69, 9.17) is 20.4 Å². The Hall–Kier alpha value is -1.22. The van der Waals surface area contributed by atoms with Crippen molar-refractivity contribution < 1.29 is 30.0 Å². The molecule has 2 atom stereocenters. The fraction of sp³-hybridized carbons (Fsp3) is 0.800. The summed E-state index contributed by atoms with van der Waals surface area (Å²) in [6.07, 6.45) is 0.183. The van der Waals surface area contributed by atoms with Gasteiger partial charge < -0.3 is 31.1 Å². The topological polar surface area (TPSA) is 139 Å². The molecule has 0 aromatic carbocycles. The Morgan fingerprint density at radius 2 is 1.17 bits per heavy atom. The third-order valence-electron chi connectivity index (χ3n) is 2.34. The fourth-order valence-corrected chi connectivity index (χ4v) is 1.38. The van der Waals surface area contributed by atoms with Gasteiger partial charge in [-0.05, 0) is 12.8 Å². The Kier molecular flexibility index (Phi) is 9.11. The molecule has 0 amide bonds. The van der Waals surface area contributed by atoms with Crippen LogP contribution in [0.1, 0.15) is 12.8 Å². The molecule has 0 aliphatic carbocycles. The van der Waals surface area contributed by atoms with Crippen molar-refractivity contribution in [2.45, 2.75) is 24.9 Å². The van der Waals surface area contributed by atoms with Crippen molar-refractivity contribution >= 4 is 11.9 Å². The van der Waals surface area contributed by atoms with Crippen LogP contribution in [0.3, 0.4) is 0 Å². The zero-order valence-electron chi connectivity index (χ0n) is 10.0. The number of hydrogen-bond donors (Lipinski definition) is 6. The van der Waals surface area contributed by atoms with Crippen molar-refractivity contribution in [3.8, 4) is 0 Å². The lowest BCUT2D eigenvalue weighted by molar-refractivity contribution is -0.141. The second-order valence-electron chi connectivity index (χ2n) is 3.71. The van der Waals surface area contributed by atoms with Crippen LogP contribution in [-0.2, 0) is 9.59 Å². The fourth-order valence-electron chi connectivity index (χ4n) is 1.38. The minimum atomic E-state index is -1.06. The first kappa shape index (κ1) is 16.8. The number of aliphatic carboxylic acids is 2. The van der Waals surface area contributed by atoms with Crippen LogP contribution in [0.5, 0.6) is 0 Å². The molecule has 0 rings (SSSR count). The number of carbonyl (C=O) groups is 2. The Balaban J connectivity index is 3.87. The zero-order chi connectivity index (χ0) is 14.0. The molecular formula is C10H20N2O6. The van der Waals surface area contributed by atoms with Gasteiger partial charge >= 0.3 is 11.9 Å². The number of carboxylic acid groups (broad SMARTS) is 2. The van der Waals surface area contributed by atoms with Crippen LogP contribution in [-0.4, -0.2) is 70.8 Å². The van der Waals surface area contributed by atoms with Gasteiger partial charge in [0.15, 0.2) is 0 Å². The van der Waals surface area contributed by atoms with Crippen molar-refractivity contribution in [3.05, 3.63) is 0 Å². The first-order chi connectivity index (χ1) is 8.52. The van der Waals surface area contributed by atoms with E-state index in [1.54, 1.807) is 0 Å². The van der Waals surface area contributed by atoms with Crippen LogP contribution >= 0.6 is 0 Å². The standard InChI is InChI=1S/C10H20N2O6/c13-5-1-7(9(15)16)11-3-4-12-8(2-6-14)10(17)18/h7-8,11-14H,1-6H2,(H,15,16)(H,17,18). The Labute approximate surface area is 105 Å². The number of aliphatic hydroxyl groups is 2. The van der Waals surface area contributed by atoms with Gasteiger partial charge in [-0.2, -0.15) is 0 Å². The number of rotatable bonds is 11. The van der Waals surface area contributed by atoms with Gasteiger partial charge in [-0.3, -0.25) is 9.59 Å². The SMILES string of the molecule is O=C(O)C(CCO)NCCNC(CCO)C(=O)O. The lowest BCUT2D eigenvalue weighted by atomic mass is 10.2. The number of aliphatic hydroxyl groups excluding tert-OH is 2. The number of nitrogens with one attached hydrogen (secondary N) is 2. The van der Waals surface area contributed by atoms with E-state index in [2.05, 4.69) is 10.6 Å². The van der Waals surface area contributed by atoms with E-state index in [9.17, 15) is 9.59 Å². The van der Waals surface area contributed by atoms with Crippen molar-refractivity contribution in [2.24, 2.45) is 0 Å². The first-order valence-corrected chi connectivity index (χ1v) is 5.67. The minimum Gasteiger partial charge on any atom is -0.480 e. The summed E-state index contributed by atoms with van der Waals surface area (Å²) in [4.78, 5) is 21.4. The minimum absolute atomic E-state index is 0.0916. The quantitative estimate of drug-likeness (QED) is 0.232. The highest BCUT2D eigenvalue weighted by atomic mass is 16.4. The predicted molar refractivity (Wildman–Crippen MR) is 62.3 cm³/mol. The maximum absolute atomic E-state index is 10.7. The zero-order valence-corrected chi connectivity index (χ0v) is 10.0. The highest BCUT2D eigenvalue weighted by Crippen LogP contribution is 1.92. The molecule has 0 aliphatic rings. The average molecular weight is 264 g/mol. The lowest BCUT2D eigenvalue weighted by Gasteiger charge is -2.16. The largest absolute Gasteiger partial charge is 0.480 e. The van der Waals surface area contributed by atoms with Gasteiger partial charge in [0.2, 0.25) is 0 Å². The van der Waals surface area contributed by atoms with Crippen molar-refractivity contribution in [1.29, 1.82) is 0 Å². The molecule has 106 valence electrons. The van der Waals surface area contributed by atoms with Crippen LogP contribution < -0.4 is 10.6 Å². The highest BCUT2D eigenvalue weighted by molar-refractivity contribution is 5.73. The summed E-state index contributed by atoms with van der Waals surface area (Å²) in [5, 5.41) is 40.2. The molecule has 0 fully saturated rings. The summed E-state index contributed by atoms with van der Waals surface area (Å²) in [5.74, 6) is -2.12. The maximum Gasteiger partial charge on any atom is 0.320 e. The van der Waals surface area contributed by atoms with Crippen LogP contribution in [0.25, 0.3) is 0 Å². The first-order valence-electron chi connectivity index (χ1n) is 5.67. The molecule has 0 saturated heterocycles. The molecule has 0 aromatic rings. The monoisotopic (exact) mass is 264 g/mol. The van der Waals surface area contributed by atoms with E-state index in [0.717, 1.165) is 0 Å². The molecule has 18 heavy (non-hydrogen) atoms. The Bertz CT molecular complexity index is 235. The van der Waals surface area contributed by atoms with Gasteiger partial charge in [0, 0.05) is 26.3 Å². The molecule has 0 aromatic heterocycles. The van der Waals surface area contributed by atoms with E-state index in [1.165, 1.54) is 0 Å². The lowest BCUT2D eigenvalue weighted by Crippen LogP contribution is -2.44. The summed E-state index contributed by atoms with van der Waals surface area (Å²) >= 11 is 0. The number of hydrogen-bond acceptors (Lipinski definition) is 6. The predicted octanol–water partition coefficient (Wildman–Crippen LogP) is -2.16. The summed E-state index contributed by atoms with van der Waals surface area (Å²) in [5.41, 5.74) is 0. The molecular weight excluding hydrogens is 244 g/mol. The van der Waals surface area contributed by atoms with Crippen LogP contribution in [0.15, 0.2) is 0 Å². The molecule has 0 heterocycles. The van der Waals surface area contributed by atoms with E-state index in [0.29, 0.717) is 0 Å². The second-order valence-corrected chi connectivity index (χ2v) is 3.71. The molecule has 0 radical (unpaired) electrons. The van der Waals surface area contributed by atoms with E-state index in [1.807, 2.05) is 0 Å². The van der Waals surface area contributed by atoms with Crippen LogP contribution in [0, 0.1) is 0 Å². The molecule has 0 saturated carbocycles. The molecule has 0 spiro atoms. The van der Waals surface area contributed by atoms with E-state index >= 15 is 0 Å². The Morgan fingerprint density at radius 1 is 0.833 bits per heavy atom. The number of carboxylic acids is 2. The van der Waals surface area contributed by atoms with E-state index < -0.39 is 24.0 Å². The van der Waals surface area contributed by atoms with Crippen molar-refractivity contribution in [3.63, 3.8) is 0 Å². The molecule has 8 heteroatoms. The molecule has 0 aliphatic heterocycles.